The van der Waals surface area contributed by atoms with Crippen molar-refractivity contribution < 1.29 is 9.59 Å². The second-order valence-corrected chi connectivity index (χ2v) is 9.54. The molecule has 4 heterocycles. The van der Waals surface area contributed by atoms with Crippen LogP contribution in [0.2, 0.25) is 0 Å². The molecule has 29 heavy (non-hydrogen) atoms. The Balaban J connectivity index is 1.42. The van der Waals surface area contributed by atoms with Crippen molar-refractivity contribution >= 4 is 23.6 Å². The maximum absolute atomic E-state index is 13.2. The molecule has 1 aromatic rings. The van der Waals surface area contributed by atoms with Gasteiger partial charge in [0.1, 0.15) is 18.7 Å². The molecule has 1 N–H and O–H groups in total. The quantitative estimate of drug-likeness (QED) is 0.628. The highest BCUT2D eigenvalue weighted by Gasteiger charge is 2.51. The van der Waals surface area contributed by atoms with Crippen LogP contribution in [0.4, 0.5) is 0 Å². The van der Waals surface area contributed by atoms with Gasteiger partial charge in [-0.25, -0.2) is 0 Å². The molecule has 0 saturated carbocycles. The number of amides is 2. The Hall–Kier alpha value is -1.61. The summed E-state index contributed by atoms with van der Waals surface area (Å²) in [5.74, 6) is 2.08. The van der Waals surface area contributed by atoms with E-state index >= 15 is 0 Å². The molecule has 1 aromatic heterocycles. The van der Waals surface area contributed by atoms with E-state index in [2.05, 4.69) is 26.7 Å². The summed E-state index contributed by atoms with van der Waals surface area (Å²) in [5.41, 5.74) is 0. The second-order valence-electron chi connectivity index (χ2n) is 8.56. The lowest BCUT2D eigenvalue weighted by Gasteiger charge is -2.56. The van der Waals surface area contributed by atoms with Crippen molar-refractivity contribution in [2.75, 3.05) is 38.2 Å². The lowest BCUT2D eigenvalue weighted by atomic mass is 9.71. The predicted molar refractivity (Wildman–Crippen MR) is 112 cm³/mol. The van der Waals surface area contributed by atoms with Gasteiger partial charge in [0, 0.05) is 56.9 Å². The summed E-state index contributed by atoms with van der Waals surface area (Å²) in [5, 5.41) is 10.7. The fraction of sp³-hybridized carbons (Fsp3) is 0.800. The monoisotopic (exact) mass is 420 g/mol. The van der Waals surface area contributed by atoms with Crippen LogP contribution in [-0.2, 0) is 16.1 Å². The molecule has 4 rings (SSSR count). The summed E-state index contributed by atoms with van der Waals surface area (Å²) in [7, 11) is 0. The lowest BCUT2D eigenvalue weighted by Crippen LogP contribution is -2.68. The molecule has 0 unspecified atom stereocenters. The first kappa shape index (κ1) is 20.7. The Kier molecular flexibility index (Phi) is 6.74. The number of fused-ring (bicyclic) bond motifs is 4. The fourth-order valence-corrected chi connectivity index (χ4v) is 5.85. The summed E-state index contributed by atoms with van der Waals surface area (Å²) in [6, 6.07) is -0.0756. The SMILES string of the molecule is CSCCN1C[C@@H]2C[C@H](C1)[C@H](C(=O)NCCCn1cnnc1)N1C(=O)CCC[C@@H]21. The zero-order valence-corrected chi connectivity index (χ0v) is 18.0. The van der Waals surface area contributed by atoms with Crippen LogP contribution in [0.5, 0.6) is 0 Å². The molecule has 2 amide bonds. The molecule has 4 atom stereocenters. The van der Waals surface area contributed by atoms with E-state index in [9.17, 15) is 9.59 Å². The van der Waals surface area contributed by atoms with Gasteiger partial charge < -0.3 is 19.7 Å². The number of hydrogen-bond donors (Lipinski definition) is 1. The number of rotatable bonds is 8. The number of likely N-dealkylation sites (tertiary alicyclic amines) is 1. The molecule has 8 nitrogen and oxygen atoms in total. The summed E-state index contributed by atoms with van der Waals surface area (Å²) in [6.07, 6.45) is 9.99. The number of hydrogen-bond acceptors (Lipinski definition) is 6. The minimum Gasteiger partial charge on any atom is -0.354 e. The van der Waals surface area contributed by atoms with Gasteiger partial charge in [-0.15, -0.1) is 10.2 Å². The van der Waals surface area contributed by atoms with Gasteiger partial charge in [0.15, 0.2) is 0 Å². The molecule has 160 valence electrons. The molecule has 0 aromatic carbocycles. The lowest BCUT2D eigenvalue weighted by molar-refractivity contribution is -0.160. The Bertz CT molecular complexity index is 699. The Labute approximate surface area is 176 Å². The van der Waals surface area contributed by atoms with Crippen LogP contribution in [0.15, 0.2) is 12.7 Å². The second kappa shape index (κ2) is 9.47. The molecule has 0 aliphatic carbocycles. The van der Waals surface area contributed by atoms with Gasteiger partial charge in [-0.1, -0.05) is 0 Å². The average molecular weight is 421 g/mol. The molecule has 3 aliphatic rings. The number of carbonyl (C=O) groups is 2. The van der Waals surface area contributed by atoms with E-state index in [0.29, 0.717) is 18.9 Å². The van der Waals surface area contributed by atoms with Crippen molar-refractivity contribution in [2.45, 2.75) is 50.7 Å². The number of nitrogens with one attached hydrogen (secondary N) is 1. The highest BCUT2D eigenvalue weighted by molar-refractivity contribution is 7.98. The van der Waals surface area contributed by atoms with Gasteiger partial charge >= 0.3 is 0 Å². The molecule has 2 bridgehead atoms. The molecule has 9 heteroatoms. The normalized spacial score (nSPS) is 29.6. The number of nitrogens with zero attached hydrogens (tertiary/aromatic N) is 5. The van der Waals surface area contributed by atoms with Gasteiger partial charge in [0.2, 0.25) is 11.8 Å². The van der Waals surface area contributed by atoms with Crippen LogP contribution in [-0.4, -0.2) is 86.6 Å². The molecular formula is C20H32N6O2S. The Morgan fingerprint density at radius 3 is 2.83 bits per heavy atom. The fourth-order valence-electron chi connectivity index (χ4n) is 5.41. The smallest absolute Gasteiger partial charge is 0.243 e. The van der Waals surface area contributed by atoms with Crippen molar-refractivity contribution in [3.8, 4) is 0 Å². The molecular weight excluding hydrogens is 388 g/mol. The first-order valence-electron chi connectivity index (χ1n) is 10.8. The highest BCUT2D eigenvalue weighted by Crippen LogP contribution is 2.41. The Morgan fingerprint density at radius 1 is 1.24 bits per heavy atom. The van der Waals surface area contributed by atoms with Gasteiger partial charge in [0.05, 0.1) is 0 Å². The van der Waals surface area contributed by atoms with E-state index in [4.69, 9.17) is 0 Å². The molecule has 0 spiro atoms. The van der Waals surface area contributed by atoms with Crippen LogP contribution in [0, 0.1) is 11.8 Å². The van der Waals surface area contributed by atoms with Crippen molar-refractivity contribution in [1.82, 2.24) is 29.9 Å². The van der Waals surface area contributed by atoms with Crippen LogP contribution in [0.25, 0.3) is 0 Å². The predicted octanol–water partition coefficient (Wildman–Crippen LogP) is 0.849. The maximum atomic E-state index is 13.2. The van der Waals surface area contributed by atoms with Crippen LogP contribution in [0.3, 0.4) is 0 Å². The zero-order chi connectivity index (χ0) is 20.2. The van der Waals surface area contributed by atoms with E-state index in [0.717, 1.165) is 57.6 Å². The third-order valence-corrected chi connectivity index (χ3v) is 7.25. The topological polar surface area (TPSA) is 83.4 Å². The Morgan fingerprint density at radius 2 is 2.03 bits per heavy atom. The first-order chi connectivity index (χ1) is 14.2. The van der Waals surface area contributed by atoms with Gasteiger partial charge in [-0.2, -0.15) is 11.8 Å². The number of aryl methyl sites for hydroxylation is 1. The number of piperidine rings is 3. The van der Waals surface area contributed by atoms with Crippen molar-refractivity contribution in [2.24, 2.45) is 11.8 Å². The molecule has 3 fully saturated rings. The van der Waals surface area contributed by atoms with E-state index < -0.39 is 0 Å². The van der Waals surface area contributed by atoms with E-state index in [1.165, 1.54) is 0 Å². The van der Waals surface area contributed by atoms with Crippen molar-refractivity contribution in [3.05, 3.63) is 12.7 Å². The van der Waals surface area contributed by atoms with E-state index in [1.54, 1.807) is 12.7 Å². The summed E-state index contributed by atoms with van der Waals surface area (Å²) in [4.78, 5) is 30.6. The number of thioether (sulfide) groups is 1. The minimum atomic E-state index is -0.309. The van der Waals surface area contributed by atoms with E-state index in [1.807, 2.05) is 21.2 Å². The molecule has 3 aliphatic heterocycles. The minimum absolute atomic E-state index is 0.0316. The zero-order valence-electron chi connectivity index (χ0n) is 17.2. The third kappa shape index (κ3) is 4.60. The van der Waals surface area contributed by atoms with Gasteiger partial charge in [0.25, 0.3) is 0 Å². The van der Waals surface area contributed by atoms with Crippen molar-refractivity contribution in [1.29, 1.82) is 0 Å². The summed E-state index contributed by atoms with van der Waals surface area (Å²) >= 11 is 1.87. The van der Waals surface area contributed by atoms with Crippen LogP contribution < -0.4 is 5.32 Å². The van der Waals surface area contributed by atoms with Gasteiger partial charge in [-0.3, -0.25) is 9.59 Å². The third-order valence-electron chi connectivity index (χ3n) is 6.66. The van der Waals surface area contributed by atoms with Crippen LogP contribution >= 0.6 is 11.8 Å². The number of aromatic nitrogens is 3. The first-order valence-corrected chi connectivity index (χ1v) is 12.2. The maximum Gasteiger partial charge on any atom is 0.243 e. The summed E-state index contributed by atoms with van der Waals surface area (Å²) < 4.78 is 1.91. The summed E-state index contributed by atoms with van der Waals surface area (Å²) in [6.45, 7) is 4.44. The number of carbonyl (C=O) groups excluding carboxylic acids is 2. The average Bonchev–Trinajstić information content (AvgIpc) is 3.24. The molecule has 3 saturated heterocycles. The molecule has 0 radical (unpaired) electrons. The largest absolute Gasteiger partial charge is 0.354 e. The standard InChI is InChI=1S/C20H32N6O2S/c1-29-9-8-24-11-15-10-16(12-24)19(26-17(15)4-2-5-18(26)27)20(28)21-6-3-7-25-13-22-23-14-25/h13-17,19H,2-12H2,1H3,(H,21,28)/t15-,16+,17-,19+/m0/s1. The van der Waals surface area contributed by atoms with E-state index in [-0.39, 0.29) is 29.8 Å². The van der Waals surface area contributed by atoms with Gasteiger partial charge in [-0.05, 0) is 37.9 Å². The van der Waals surface area contributed by atoms with Crippen molar-refractivity contribution in [3.63, 3.8) is 0 Å². The van der Waals surface area contributed by atoms with Crippen LogP contribution in [0.1, 0.15) is 32.1 Å². The highest BCUT2D eigenvalue weighted by atomic mass is 32.2.